The molecular weight excluding hydrogens is 289 g/mol. The molecule has 0 bridgehead atoms. The maximum absolute atomic E-state index is 11.2. The number of benzene rings is 1. The number of guanidine groups is 1. The number of nitrogens with zero attached hydrogens (tertiary/aromatic N) is 2. The molecule has 1 atom stereocenters. The molecule has 1 aromatic rings. The van der Waals surface area contributed by atoms with E-state index in [1.807, 2.05) is 24.1 Å². The number of hydrogen-bond acceptors (Lipinski definition) is 4. The maximum Gasteiger partial charge on any atom is 0.413 e. The summed E-state index contributed by atoms with van der Waals surface area (Å²) < 4.78 is 4.54. The standard InChI is InChI=1S/C12H13Cl2N3O2/c1-17-10(6-15-11(17)16-12(18)19-2)7-3-4-8(13)9(14)5-7/h3-5,10H,6H2,1-2H3,(H,15,16,18). The number of carbonyl (C=O) groups is 1. The number of halogens is 2. The average Bonchev–Trinajstić information content (AvgIpc) is 2.74. The van der Waals surface area contributed by atoms with E-state index in [0.29, 0.717) is 22.5 Å². The Kier molecular flexibility index (Phi) is 4.17. The third-order valence-corrected chi connectivity index (χ3v) is 3.68. The largest absolute Gasteiger partial charge is 0.453 e. The molecule has 0 fully saturated rings. The van der Waals surface area contributed by atoms with E-state index in [-0.39, 0.29) is 6.04 Å². The van der Waals surface area contributed by atoms with E-state index < -0.39 is 6.09 Å². The number of rotatable bonds is 1. The van der Waals surface area contributed by atoms with Crippen molar-refractivity contribution < 1.29 is 9.53 Å². The van der Waals surface area contributed by atoms with Crippen LogP contribution in [0.25, 0.3) is 0 Å². The lowest BCUT2D eigenvalue weighted by atomic mass is 10.1. The Balaban J connectivity index is 2.12. The highest BCUT2D eigenvalue weighted by Gasteiger charge is 2.27. The predicted octanol–water partition coefficient (Wildman–Crippen LogP) is 2.69. The molecule has 0 saturated carbocycles. The van der Waals surface area contributed by atoms with Crippen molar-refractivity contribution in [3.8, 4) is 0 Å². The molecule has 7 heteroatoms. The van der Waals surface area contributed by atoms with Crippen molar-refractivity contribution in [3.63, 3.8) is 0 Å². The van der Waals surface area contributed by atoms with Crippen LogP contribution < -0.4 is 5.32 Å². The first kappa shape index (κ1) is 14.0. The fourth-order valence-corrected chi connectivity index (χ4v) is 2.18. The van der Waals surface area contributed by atoms with Gasteiger partial charge in [0.15, 0.2) is 0 Å². The van der Waals surface area contributed by atoms with Crippen LogP contribution in [-0.2, 0) is 4.74 Å². The van der Waals surface area contributed by atoms with Crippen molar-refractivity contribution in [3.05, 3.63) is 33.8 Å². The molecule has 102 valence electrons. The first-order valence-corrected chi connectivity index (χ1v) is 6.35. The zero-order chi connectivity index (χ0) is 14.0. The van der Waals surface area contributed by atoms with Gasteiger partial charge in [-0.1, -0.05) is 29.3 Å². The number of amides is 1. The molecule has 1 aliphatic heterocycles. The van der Waals surface area contributed by atoms with E-state index in [1.54, 1.807) is 6.07 Å². The molecule has 0 radical (unpaired) electrons. The predicted molar refractivity (Wildman–Crippen MR) is 74.8 cm³/mol. The van der Waals surface area contributed by atoms with Gasteiger partial charge >= 0.3 is 6.09 Å². The second-order valence-electron chi connectivity index (χ2n) is 4.08. The van der Waals surface area contributed by atoms with E-state index in [2.05, 4.69) is 15.0 Å². The molecule has 2 rings (SSSR count). The normalized spacial score (nSPS) is 18.2. The molecule has 0 aromatic heterocycles. The van der Waals surface area contributed by atoms with E-state index >= 15 is 0 Å². The molecule has 1 heterocycles. The number of ether oxygens (including phenoxy) is 1. The number of methoxy groups -OCH3 is 1. The lowest BCUT2D eigenvalue weighted by Gasteiger charge is -2.23. The number of hydrogen-bond donors (Lipinski definition) is 1. The Bertz CT molecular complexity index is 534. The molecular formula is C12H13Cl2N3O2. The molecule has 1 aromatic carbocycles. The lowest BCUT2D eigenvalue weighted by molar-refractivity contribution is 0.175. The van der Waals surface area contributed by atoms with E-state index in [0.717, 1.165) is 5.56 Å². The third kappa shape index (κ3) is 2.93. The van der Waals surface area contributed by atoms with Gasteiger partial charge in [0.05, 0.1) is 29.7 Å². The summed E-state index contributed by atoms with van der Waals surface area (Å²) in [5.74, 6) is 0.475. The summed E-state index contributed by atoms with van der Waals surface area (Å²) in [6.45, 7) is 0.536. The zero-order valence-electron chi connectivity index (χ0n) is 10.5. The van der Waals surface area contributed by atoms with Gasteiger partial charge in [0.2, 0.25) is 5.96 Å². The van der Waals surface area contributed by atoms with Gasteiger partial charge in [-0.3, -0.25) is 10.3 Å². The second kappa shape index (κ2) is 5.67. The molecule has 1 aliphatic rings. The van der Waals surface area contributed by atoms with E-state index in [4.69, 9.17) is 23.2 Å². The number of alkyl carbamates (subject to hydrolysis) is 1. The van der Waals surface area contributed by atoms with Crippen LogP contribution in [-0.4, -0.2) is 37.7 Å². The fraction of sp³-hybridized carbons (Fsp3) is 0.333. The second-order valence-corrected chi connectivity index (χ2v) is 4.90. The summed E-state index contributed by atoms with van der Waals surface area (Å²) in [7, 11) is 3.15. The summed E-state index contributed by atoms with van der Waals surface area (Å²) in [5.41, 5.74) is 0.988. The first-order chi connectivity index (χ1) is 9.02. The van der Waals surface area contributed by atoms with Gasteiger partial charge in [-0.2, -0.15) is 0 Å². The van der Waals surface area contributed by atoms with Crippen LogP contribution >= 0.6 is 23.2 Å². The highest BCUT2D eigenvalue weighted by molar-refractivity contribution is 6.42. The molecule has 1 N–H and O–H groups in total. The summed E-state index contributed by atoms with van der Waals surface area (Å²) >= 11 is 11.9. The number of likely N-dealkylation sites (N-methyl/N-ethyl adjacent to an activating group) is 1. The van der Waals surface area contributed by atoms with Crippen molar-refractivity contribution in [1.29, 1.82) is 0 Å². The van der Waals surface area contributed by atoms with Gasteiger partial charge in [-0.15, -0.1) is 0 Å². The molecule has 0 spiro atoms. The minimum Gasteiger partial charge on any atom is -0.453 e. The first-order valence-electron chi connectivity index (χ1n) is 5.60. The Morgan fingerprint density at radius 2 is 2.21 bits per heavy atom. The molecule has 19 heavy (non-hydrogen) atoms. The molecule has 0 saturated heterocycles. The number of nitrogens with one attached hydrogen (secondary N) is 1. The van der Waals surface area contributed by atoms with Crippen LogP contribution in [0.5, 0.6) is 0 Å². The van der Waals surface area contributed by atoms with Crippen LogP contribution in [0.1, 0.15) is 11.6 Å². The summed E-state index contributed by atoms with van der Waals surface area (Å²) in [6.07, 6.45) is -0.541. The summed E-state index contributed by atoms with van der Waals surface area (Å²) in [5, 5.41) is 3.58. The third-order valence-electron chi connectivity index (χ3n) is 2.94. The van der Waals surface area contributed by atoms with E-state index in [1.165, 1.54) is 7.11 Å². The van der Waals surface area contributed by atoms with Crippen LogP contribution in [0.2, 0.25) is 10.0 Å². The molecule has 1 amide bonds. The van der Waals surface area contributed by atoms with Gasteiger partial charge in [-0.25, -0.2) is 4.79 Å². The van der Waals surface area contributed by atoms with Crippen LogP contribution in [0.4, 0.5) is 4.79 Å². The minimum absolute atomic E-state index is 0.0157. The molecule has 5 nitrogen and oxygen atoms in total. The number of aliphatic imine (C=N–C) groups is 1. The molecule has 1 unspecified atom stereocenters. The fourth-order valence-electron chi connectivity index (χ4n) is 1.87. The van der Waals surface area contributed by atoms with Crippen molar-refractivity contribution in [1.82, 2.24) is 10.2 Å². The quantitative estimate of drug-likeness (QED) is 0.868. The smallest absolute Gasteiger partial charge is 0.413 e. The van der Waals surface area contributed by atoms with Gasteiger partial charge in [0.1, 0.15) is 0 Å². The molecule has 0 aliphatic carbocycles. The number of carbonyl (C=O) groups excluding carboxylic acids is 1. The van der Waals surface area contributed by atoms with Crippen molar-refractivity contribution in [2.24, 2.45) is 4.99 Å². The van der Waals surface area contributed by atoms with Crippen LogP contribution in [0, 0.1) is 0 Å². The van der Waals surface area contributed by atoms with Crippen molar-refractivity contribution in [2.75, 3.05) is 20.7 Å². The topological polar surface area (TPSA) is 53.9 Å². The highest BCUT2D eigenvalue weighted by Crippen LogP contribution is 2.30. The summed E-state index contributed by atoms with van der Waals surface area (Å²) in [6, 6.07) is 5.47. The van der Waals surface area contributed by atoms with Crippen LogP contribution in [0.15, 0.2) is 23.2 Å². The highest BCUT2D eigenvalue weighted by atomic mass is 35.5. The van der Waals surface area contributed by atoms with Crippen molar-refractivity contribution in [2.45, 2.75) is 6.04 Å². The Hall–Kier alpha value is -1.46. The zero-order valence-corrected chi connectivity index (χ0v) is 12.0. The minimum atomic E-state index is -0.541. The van der Waals surface area contributed by atoms with Gasteiger partial charge in [0, 0.05) is 7.05 Å². The average molecular weight is 302 g/mol. The van der Waals surface area contributed by atoms with E-state index in [9.17, 15) is 4.79 Å². The Morgan fingerprint density at radius 3 is 2.84 bits per heavy atom. The monoisotopic (exact) mass is 301 g/mol. The maximum atomic E-state index is 11.2. The van der Waals surface area contributed by atoms with Crippen molar-refractivity contribution >= 4 is 35.3 Å². The Labute approximate surface area is 121 Å². The Morgan fingerprint density at radius 1 is 1.47 bits per heavy atom. The lowest BCUT2D eigenvalue weighted by Crippen LogP contribution is -2.40. The summed E-state index contributed by atoms with van der Waals surface area (Å²) in [4.78, 5) is 17.3. The van der Waals surface area contributed by atoms with Gasteiger partial charge in [0.25, 0.3) is 0 Å². The van der Waals surface area contributed by atoms with Gasteiger partial charge in [-0.05, 0) is 17.7 Å². The van der Waals surface area contributed by atoms with Crippen LogP contribution in [0.3, 0.4) is 0 Å². The SMILES string of the molecule is COC(=O)NC1=NCC(c2ccc(Cl)c(Cl)c2)N1C. The van der Waals surface area contributed by atoms with Gasteiger partial charge < -0.3 is 9.64 Å².